The summed E-state index contributed by atoms with van der Waals surface area (Å²) in [4.78, 5) is 7.72. The van der Waals surface area contributed by atoms with Gasteiger partial charge in [0, 0.05) is 26.1 Å². The second-order valence-electron chi connectivity index (χ2n) is 3.78. The first-order valence-corrected chi connectivity index (χ1v) is 6.97. The molecule has 2 aromatic rings. The molecule has 0 bridgehead atoms. The van der Waals surface area contributed by atoms with Crippen LogP contribution in [-0.4, -0.2) is 30.1 Å². The number of nitrogens with one attached hydrogen (secondary N) is 1. The SMILES string of the molecule is Cc1nc(CCNS(=O)(=O)c2ncccc2N)no1. The smallest absolute Gasteiger partial charge is 0.260 e. The second-order valence-corrected chi connectivity index (χ2v) is 5.46. The molecular formula is C10H13N5O3S. The monoisotopic (exact) mass is 283 g/mol. The Morgan fingerprint density at radius 3 is 2.89 bits per heavy atom. The standard InChI is InChI=1S/C10H13N5O3S/c1-7-14-9(15-18-7)4-6-13-19(16,17)10-8(11)3-2-5-12-10/h2-3,5,13H,4,6,11H2,1H3. The van der Waals surface area contributed by atoms with Crippen molar-refractivity contribution in [3.05, 3.63) is 30.0 Å². The van der Waals surface area contributed by atoms with Crippen LogP contribution in [0.25, 0.3) is 0 Å². The Morgan fingerprint density at radius 1 is 1.47 bits per heavy atom. The Labute approximate surface area is 110 Å². The second kappa shape index (κ2) is 5.33. The van der Waals surface area contributed by atoms with Crippen molar-refractivity contribution in [2.45, 2.75) is 18.4 Å². The third-order valence-electron chi connectivity index (χ3n) is 2.27. The maximum Gasteiger partial charge on any atom is 0.260 e. The van der Waals surface area contributed by atoms with E-state index < -0.39 is 10.0 Å². The highest BCUT2D eigenvalue weighted by atomic mass is 32.2. The van der Waals surface area contributed by atoms with Gasteiger partial charge in [0.1, 0.15) is 0 Å². The minimum atomic E-state index is -3.73. The van der Waals surface area contributed by atoms with Crippen molar-refractivity contribution in [1.29, 1.82) is 0 Å². The zero-order valence-electron chi connectivity index (χ0n) is 10.2. The van der Waals surface area contributed by atoms with Crippen molar-refractivity contribution in [1.82, 2.24) is 19.8 Å². The van der Waals surface area contributed by atoms with Crippen LogP contribution in [0.3, 0.4) is 0 Å². The van der Waals surface area contributed by atoms with Crippen LogP contribution < -0.4 is 10.5 Å². The molecule has 0 aliphatic heterocycles. The van der Waals surface area contributed by atoms with Gasteiger partial charge in [0.15, 0.2) is 10.9 Å². The first kappa shape index (κ1) is 13.4. The third kappa shape index (κ3) is 3.26. The molecule has 0 unspecified atom stereocenters. The molecule has 0 amide bonds. The van der Waals surface area contributed by atoms with Crippen LogP contribution in [0.4, 0.5) is 5.69 Å². The molecule has 0 fully saturated rings. The summed E-state index contributed by atoms with van der Waals surface area (Å²) >= 11 is 0. The molecule has 0 aromatic carbocycles. The van der Waals surface area contributed by atoms with Crippen molar-refractivity contribution >= 4 is 15.7 Å². The fourth-order valence-corrected chi connectivity index (χ4v) is 2.52. The lowest BCUT2D eigenvalue weighted by Crippen LogP contribution is -2.27. The fourth-order valence-electron chi connectivity index (χ4n) is 1.44. The number of hydrogen-bond donors (Lipinski definition) is 2. The Morgan fingerprint density at radius 2 is 2.26 bits per heavy atom. The molecule has 0 atom stereocenters. The average Bonchev–Trinajstić information content (AvgIpc) is 2.75. The summed E-state index contributed by atoms with van der Waals surface area (Å²) in [7, 11) is -3.73. The van der Waals surface area contributed by atoms with Crippen molar-refractivity contribution in [2.24, 2.45) is 0 Å². The predicted octanol–water partition coefficient (Wildman–Crippen LogP) is -0.124. The van der Waals surface area contributed by atoms with E-state index in [2.05, 4.69) is 19.8 Å². The highest BCUT2D eigenvalue weighted by molar-refractivity contribution is 7.89. The van der Waals surface area contributed by atoms with Gasteiger partial charge in [0.05, 0.1) is 5.69 Å². The number of hydrogen-bond acceptors (Lipinski definition) is 7. The van der Waals surface area contributed by atoms with E-state index in [1.165, 1.54) is 12.3 Å². The molecule has 2 heterocycles. The molecule has 0 radical (unpaired) electrons. The minimum absolute atomic E-state index is 0.102. The number of nitrogens with zero attached hydrogens (tertiary/aromatic N) is 3. The van der Waals surface area contributed by atoms with Gasteiger partial charge in [-0.05, 0) is 12.1 Å². The van der Waals surface area contributed by atoms with Gasteiger partial charge >= 0.3 is 0 Å². The molecule has 2 aromatic heterocycles. The van der Waals surface area contributed by atoms with Gasteiger partial charge in [-0.25, -0.2) is 18.1 Å². The highest BCUT2D eigenvalue weighted by Gasteiger charge is 2.18. The highest BCUT2D eigenvalue weighted by Crippen LogP contribution is 2.13. The quantitative estimate of drug-likeness (QED) is 0.783. The van der Waals surface area contributed by atoms with Crippen molar-refractivity contribution in [2.75, 3.05) is 12.3 Å². The van der Waals surface area contributed by atoms with E-state index in [4.69, 9.17) is 10.3 Å². The Hall–Kier alpha value is -2.00. The summed E-state index contributed by atoms with van der Waals surface area (Å²) in [6.45, 7) is 1.80. The lowest BCUT2D eigenvalue weighted by atomic mass is 10.4. The molecule has 19 heavy (non-hydrogen) atoms. The van der Waals surface area contributed by atoms with Gasteiger partial charge in [0.2, 0.25) is 5.89 Å². The molecule has 0 saturated carbocycles. The molecule has 0 spiro atoms. The van der Waals surface area contributed by atoms with Crippen LogP contribution in [-0.2, 0) is 16.4 Å². The van der Waals surface area contributed by atoms with Crippen LogP contribution >= 0.6 is 0 Å². The molecule has 8 nitrogen and oxygen atoms in total. The summed E-state index contributed by atoms with van der Waals surface area (Å²) in [6.07, 6.45) is 1.69. The number of aryl methyl sites for hydroxylation is 1. The van der Waals surface area contributed by atoms with Gasteiger partial charge < -0.3 is 10.3 Å². The molecule has 3 N–H and O–H groups in total. The largest absolute Gasteiger partial charge is 0.396 e. The molecule has 2 rings (SSSR count). The van der Waals surface area contributed by atoms with Crippen LogP contribution in [0.2, 0.25) is 0 Å². The van der Waals surface area contributed by atoms with Gasteiger partial charge in [-0.15, -0.1) is 0 Å². The zero-order valence-corrected chi connectivity index (χ0v) is 11.0. The number of rotatable bonds is 5. The molecule has 9 heteroatoms. The van der Waals surface area contributed by atoms with E-state index >= 15 is 0 Å². The topological polar surface area (TPSA) is 124 Å². The van der Waals surface area contributed by atoms with Crippen LogP contribution in [0.1, 0.15) is 11.7 Å². The van der Waals surface area contributed by atoms with Crippen molar-refractivity contribution in [3.8, 4) is 0 Å². The van der Waals surface area contributed by atoms with E-state index in [0.717, 1.165) is 0 Å². The number of pyridine rings is 1. The van der Waals surface area contributed by atoms with Crippen LogP contribution in [0, 0.1) is 6.92 Å². The Bertz CT molecular complexity index is 667. The Balaban J connectivity index is 2.01. The lowest BCUT2D eigenvalue weighted by Gasteiger charge is -2.06. The van der Waals surface area contributed by atoms with Gasteiger partial charge in [-0.3, -0.25) is 0 Å². The molecule has 102 valence electrons. The van der Waals surface area contributed by atoms with Gasteiger partial charge in [0.25, 0.3) is 10.0 Å². The Kier molecular flexibility index (Phi) is 3.76. The first-order valence-electron chi connectivity index (χ1n) is 5.48. The number of anilines is 1. The number of aromatic nitrogens is 3. The molecule has 0 aliphatic carbocycles. The fraction of sp³-hybridized carbons (Fsp3) is 0.300. The van der Waals surface area contributed by atoms with Gasteiger partial charge in [-0.1, -0.05) is 5.16 Å². The van der Waals surface area contributed by atoms with E-state index in [1.54, 1.807) is 13.0 Å². The van der Waals surface area contributed by atoms with Crippen molar-refractivity contribution in [3.63, 3.8) is 0 Å². The average molecular weight is 283 g/mol. The van der Waals surface area contributed by atoms with E-state index in [1.807, 2.05) is 0 Å². The lowest BCUT2D eigenvalue weighted by molar-refractivity contribution is 0.387. The molecular weight excluding hydrogens is 270 g/mol. The summed E-state index contributed by atoms with van der Waals surface area (Å²) in [5.74, 6) is 0.876. The molecule has 0 aliphatic rings. The van der Waals surface area contributed by atoms with E-state index in [0.29, 0.717) is 18.1 Å². The first-order chi connectivity index (χ1) is 8.99. The number of nitrogens with two attached hydrogens (primary N) is 1. The summed E-state index contributed by atoms with van der Waals surface area (Å²) in [6, 6.07) is 3.04. The zero-order chi connectivity index (χ0) is 13.9. The summed E-state index contributed by atoms with van der Waals surface area (Å²) in [5, 5.41) is 3.48. The maximum absolute atomic E-state index is 11.9. The third-order valence-corrected chi connectivity index (χ3v) is 3.70. The summed E-state index contributed by atoms with van der Waals surface area (Å²) in [5.41, 5.74) is 5.67. The number of nitrogen functional groups attached to an aromatic ring is 1. The van der Waals surface area contributed by atoms with E-state index in [9.17, 15) is 8.42 Å². The van der Waals surface area contributed by atoms with Crippen LogP contribution in [0.5, 0.6) is 0 Å². The normalized spacial score (nSPS) is 11.6. The maximum atomic E-state index is 11.9. The minimum Gasteiger partial charge on any atom is -0.396 e. The van der Waals surface area contributed by atoms with Gasteiger partial charge in [-0.2, -0.15) is 4.98 Å². The molecule has 0 saturated heterocycles. The predicted molar refractivity (Wildman–Crippen MR) is 66.6 cm³/mol. The van der Waals surface area contributed by atoms with E-state index in [-0.39, 0.29) is 17.3 Å². The summed E-state index contributed by atoms with van der Waals surface area (Å²) < 4.78 is 31.0. The number of sulfonamides is 1. The van der Waals surface area contributed by atoms with Crippen LogP contribution in [0.15, 0.2) is 27.9 Å². The van der Waals surface area contributed by atoms with Crippen molar-refractivity contribution < 1.29 is 12.9 Å².